The second kappa shape index (κ2) is 8.11. The van der Waals surface area contributed by atoms with Crippen LogP contribution >= 0.6 is 0 Å². The second-order valence-electron chi connectivity index (χ2n) is 6.47. The number of piperidine rings is 2. The van der Waals surface area contributed by atoms with Crippen molar-refractivity contribution in [2.24, 2.45) is 11.3 Å². The number of rotatable bonds is 6. The summed E-state index contributed by atoms with van der Waals surface area (Å²) in [5.74, 6) is 0.675. The van der Waals surface area contributed by atoms with Crippen molar-refractivity contribution in [1.82, 2.24) is 10.2 Å². The van der Waals surface area contributed by atoms with Crippen LogP contribution in [-0.4, -0.2) is 63.9 Å². The van der Waals surface area contributed by atoms with E-state index in [2.05, 4.69) is 10.2 Å². The number of hydrogen-bond acceptors (Lipinski definition) is 5. The smallest absolute Gasteiger partial charge is 0.315 e. The summed E-state index contributed by atoms with van der Waals surface area (Å²) in [5.41, 5.74) is -0.462. The fourth-order valence-electron chi connectivity index (χ4n) is 3.72. The molecule has 0 bridgehead atoms. The van der Waals surface area contributed by atoms with E-state index in [0.717, 1.165) is 51.5 Å². The third-order valence-corrected chi connectivity index (χ3v) is 4.76. The second-order valence-corrected chi connectivity index (χ2v) is 6.47. The molecule has 1 atom stereocenters. The number of nitrogens with zero attached hydrogens (tertiary/aromatic N) is 1. The fourth-order valence-corrected chi connectivity index (χ4v) is 3.72. The minimum Gasteiger partial charge on any atom is -0.465 e. The maximum Gasteiger partial charge on any atom is 0.315 e. The summed E-state index contributed by atoms with van der Waals surface area (Å²) in [6.45, 7) is 8.01. The standard InChI is InChI=1S/C16H30N2O3/c1-3-21-15(19)16(13-20-2)7-4-10-18(12-16)11-14-5-8-17-9-6-14/h14,17H,3-13H2,1-2H3. The molecular formula is C16H30N2O3. The molecule has 0 radical (unpaired) electrons. The van der Waals surface area contributed by atoms with Gasteiger partial charge in [-0.1, -0.05) is 0 Å². The molecule has 2 aliphatic heterocycles. The highest BCUT2D eigenvalue weighted by atomic mass is 16.5. The van der Waals surface area contributed by atoms with E-state index in [9.17, 15) is 4.79 Å². The van der Waals surface area contributed by atoms with Gasteiger partial charge in [-0.15, -0.1) is 0 Å². The third-order valence-electron chi connectivity index (χ3n) is 4.76. The first kappa shape index (κ1) is 16.7. The quantitative estimate of drug-likeness (QED) is 0.749. The van der Waals surface area contributed by atoms with Gasteiger partial charge in [0.2, 0.25) is 0 Å². The summed E-state index contributed by atoms with van der Waals surface area (Å²) in [7, 11) is 1.67. The number of carbonyl (C=O) groups is 1. The summed E-state index contributed by atoms with van der Waals surface area (Å²) in [5, 5.41) is 3.41. The number of methoxy groups -OCH3 is 1. The first-order chi connectivity index (χ1) is 10.2. The van der Waals surface area contributed by atoms with Crippen LogP contribution in [0.4, 0.5) is 0 Å². The molecule has 0 saturated carbocycles. The van der Waals surface area contributed by atoms with Crippen molar-refractivity contribution in [3.63, 3.8) is 0 Å². The van der Waals surface area contributed by atoms with Gasteiger partial charge in [0.15, 0.2) is 0 Å². The van der Waals surface area contributed by atoms with Gasteiger partial charge in [-0.25, -0.2) is 0 Å². The Kier molecular flexibility index (Phi) is 6.45. The first-order valence-electron chi connectivity index (χ1n) is 8.29. The van der Waals surface area contributed by atoms with Crippen molar-refractivity contribution < 1.29 is 14.3 Å². The van der Waals surface area contributed by atoms with Gasteiger partial charge in [0.05, 0.1) is 13.2 Å². The summed E-state index contributed by atoms with van der Waals surface area (Å²) in [4.78, 5) is 14.9. The molecule has 0 aromatic rings. The Morgan fingerprint density at radius 1 is 1.38 bits per heavy atom. The maximum absolute atomic E-state index is 12.4. The third kappa shape index (κ3) is 4.41. The molecule has 2 aliphatic rings. The van der Waals surface area contributed by atoms with Crippen molar-refractivity contribution >= 4 is 5.97 Å². The van der Waals surface area contributed by atoms with Crippen molar-refractivity contribution in [2.75, 3.05) is 53.0 Å². The van der Waals surface area contributed by atoms with Crippen LogP contribution in [0.15, 0.2) is 0 Å². The van der Waals surface area contributed by atoms with E-state index in [-0.39, 0.29) is 5.97 Å². The Balaban J connectivity index is 1.96. The number of esters is 1. The molecule has 0 amide bonds. The molecule has 2 rings (SSSR count). The maximum atomic E-state index is 12.4. The highest BCUT2D eigenvalue weighted by molar-refractivity contribution is 5.77. The van der Waals surface area contributed by atoms with E-state index in [4.69, 9.17) is 9.47 Å². The Bertz CT molecular complexity index is 327. The molecule has 0 spiro atoms. The van der Waals surface area contributed by atoms with E-state index in [0.29, 0.717) is 13.2 Å². The van der Waals surface area contributed by atoms with Gasteiger partial charge in [-0.2, -0.15) is 0 Å². The zero-order valence-electron chi connectivity index (χ0n) is 13.5. The average molecular weight is 298 g/mol. The highest BCUT2D eigenvalue weighted by Gasteiger charge is 2.44. The van der Waals surface area contributed by atoms with Crippen molar-refractivity contribution in [2.45, 2.75) is 32.6 Å². The summed E-state index contributed by atoms with van der Waals surface area (Å²) >= 11 is 0. The fraction of sp³-hybridized carbons (Fsp3) is 0.938. The predicted molar refractivity (Wildman–Crippen MR) is 82.2 cm³/mol. The first-order valence-corrected chi connectivity index (χ1v) is 8.29. The molecule has 5 heteroatoms. The van der Waals surface area contributed by atoms with E-state index in [1.165, 1.54) is 12.8 Å². The molecule has 1 unspecified atom stereocenters. The van der Waals surface area contributed by atoms with Crippen LogP contribution in [0.3, 0.4) is 0 Å². The molecule has 2 fully saturated rings. The lowest BCUT2D eigenvalue weighted by Crippen LogP contribution is -2.52. The van der Waals surface area contributed by atoms with E-state index < -0.39 is 5.41 Å². The van der Waals surface area contributed by atoms with Gasteiger partial charge in [0, 0.05) is 20.2 Å². The van der Waals surface area contributed by atoms with Crippen molar-refractivity contribution in [3.05, 3.63) is 0 Å². The number of hydrogen-bond donors (Lipinski definition) is 1. The molecule has 122 valence electrons. The lowest BCUT2D eigenvalue weighted by Gasteiger charge is -2.42. The number of nitrogens with one attached hydrogen (secondary N) is 1. The SMILES string of the molecule is CCOC(=O)C1(COC)CCCN(CC2CCNCC2)C1. The Labute approximate surface area is 128 Å². The summed E-state index contributed by atoms with van der Waals surface area (Å²) < 4.78 is 10.7. The van der Waals surface area contributed by atoms with Crippen LogP contribution < -0.4 is 5.32 Å². The molecule has 2 heterocycles. The summed E-state index contributed by atoms with van der Waals surface area (Å²) in [6.07, 6.45) is 4.41. The van der Waals surface area contributed by atoms with E-state index in [1.807, 2.05) is 6.92 Å². The molecule has 2 saturated heterocycles. The van der Waals surface area contributed by atoms with Crippen LogP contribution in [0.1, 0.15) is 32.6 Å². The molecular weight excluding hydrogens is 268 g/mol. The van der Waals surface area contributed by atoms with Crippen molar-refractivity contribution in [3.8, 4) is 0 Å². The zero-order valence-corrected chi connectivity index (χ0v) is 13.5. The van der Waals surface area contributed by atoms with Crippen molar-refractivity contribution in [1.29, 1.82) is 0 Å². The number of carbonyl (C=O) groups excluding carboxylic acids is 1. The van der Waals surface area contributed by atoms with Gasteiger partial charge in [-0.05, 0) is 58.2 Å². The largest absolute Gasteiger partial charge is 0.465 e. The molecule has 0 aromatic heterocycles. The predicted octanol–water partition coefficient (Wildman–Crippen LogP) is 1.28. The molecule has 5 nitrogen and oxygen atoms in total. The average Bonchev–Trinajstić information content (AvgIpc) is 2.49. The highest BCUT2D eigenvalue weighted by Crippen LogP contribution is 2.33. The zero-order chi connectivity index (χ0) is 15.1. The van der Waals surface area contributed by atoms with E-state index in [1.54, 1.807) is 7.11 Å². The normalized spacial score (nSPS) is 28.5. The van der Waals surface area contributed by atoms with Gasteiger partial charge in [-0.3, -0.25) is 4.79 Å². The Hall–Kier alpha value is -0.650. The number of likely N-dealkylation sites (tertiary alicyclic amines) is 1. The monoisotopic (exact) mass is 298 g/mol. The van der Waals surface area contributed by atoms with E-state index >= 15 is 0 Å². The lowest BCUT2D eigenvalue weighted by atomic mass is 9.80. The number of ether oxygens (including phenoxy) is 2. The van der Waals surface area contributed by atoms with Gasteiger partial charge < -0.3 is 19.7 Å². The minimum absolute atomic E-state index is 0.0816. The van der Waals surface area contributed by atoms with Crippen LogP contribution in [-0.2, 0) is 14.3 Å². The molecule has 21 heavy (non-hydrogen) atoms. The van der Waals surface area contributed by atoms with Crippen LogP contribution in [0.2, 0.25) is 0 Å². The molecule has 0 aromatic carbocycles. The van der Waals surface area contributed by atoms with Crippen LogP contribution in [0, 0.1) is 11.3 Å². The van der Waals surface area contributed by atoms with Crippen LogP contribution in [0.5, 0.6) is 0 Å². The molecule has 0 aliphatic carbocycles. The van der Waals surface area contributed by atoms with Gasteiger partial charge in [0.1, 0.15) is 5.41 Å². The molecule has 1 N–H and O–H groups in total. The minimum atomic E-state index is -0.462. The Morgan fingerprint density at radius 3 is 2.81 bits per heavy atom. The van der Waals surface area contributed by atoms with Gasteiger partial charge >= 0.3 is 5.97 Å². The summed E-state index contributed by atoms with van der Waals surface area (Å²) in [6, 6.07) is 0. The van der Waals surface area contributed by atoms with Gasteiger partial charge in [0.25, 0.3) is 0 Å². The Morgan fingerprint density at radius 2 is 2.14 bits per heavy atom. The van der Waals surface area contributed by atoms with Crippen LogP contribution in [0.25, 0.3) is 0 Å². The topological polar surface area (TPSA) is 50.8 Å². The lowest BCUT2D eigenvalue weighted by molar-refractivity contribution is -0.163.